The highest BCUT2D eigenvalue weighted by atomic mass is 32.1. The van der Waals surface area contributed by atoms with E-state index in [0.29, 0.717) is 35.8 Å². The van der Waals surface area contributed by atoms with Crippen LogP contribution >= 0.6 is 12.6 Å². The van der Waals surface area contributed by atoms with Gasteiger partial charge in [0.05, 0.1) is 12.2 Å². The Kier molecular flexibility index (Phi) is 8.35. The number of alkyl halides is 3. The number of hydrogen-bond acceptors (Lipinski definition) is 6. The van der Waals surface area contributed by atoms with Crippen LogP contribution < -0.4 is 20.1 Å². The van der Waals surface area contributed by atoms with Gasteiger partial charge in [-0.25, -0.2) is 9.37 Å². The fourth-order valence-corrected chi connectivity index (χ4v) is 3.07. The van der Waals surface area contributed by atoms with Gasteiger partial charge in [-0.2, -0.15) is 13.2 Å². The van der Waals surface area contributed by atoms with Crippen LogP contribution in [0.3, 0.4) is 0 Å². The molecule has 1 amide bonds. The van der Waals surface area contributed by atoms with Gasteiger partial charge in [0.2, 0.25) is 5.88 Å². The lowest BCUT2D eigenvalue weighted by Gasteiger charge is -2.16. The van der Waals surface area contributed by atoms with Crippen LogP contribution in [-0.4, -0.2) is 31.1 Å². The number of rotatable bonds is 9. The van der Waals surface area contributed by atoms with E-state index in [1.807, 2.05) is 0 Å². The Balaban J connectivity index is 1.94. The quantitative estimate of drug-likeness (QED) is 0.206. The lowest BCUT2D eigenvalue weighted by Crippen LogP contribution is -2.16. The number of carbonyl (C=O) groups is 1. The molecule has 0 aliphatic rings. The minimum atomic E-state index is -4.73. The number of amides is 1. The molecule has 0 aliphatic heterocycles. The molecule has 2 aromatic carbocycles. The number of hydrogen-bond donors (Lipinski definition) is 3. The van der Waals surface area contributed by atoms with Gasteiger partial charge in [0, 0.05) is 22.8 Å². The summed E-state index contributed by atoms with van der Waals surface area (Å²) in [6.07, 6.45) is -3.57. The summed E-state index contributed by atoms with van der Waals surface area (Å²) < 4.78 is 64.8. The highest BCUT2D eigenvalue weighted by Crippen LogP contribution is 2.36. The number of thiol groups is 1. The average Bonchev–Trinajstić information content (AvgIpc) is 2.78. The number of halogens is 4. The molecule has 0 bridgehead atoms. The van der Waals surface area contributed by atoms with Crippen LogP contribution in [0.1, 0.15) is 22.3 Å². The molecule has 180 valence electrons. The van der Waals surface area contributed by atoms with Gasteiger partial charge < -0.3 is 20.1 Å². The Morgan fingerprint density at radius 1 is 1.12 bits per heavy atom. The molecule has 3 rings (SSSR count). The fourth-order valence-electron chi connectivity index (χ4n) is 2.85. The Hall–Kier alpha value is -3.31. The Morgan fingerprint density at radius 3 is 2.62 bits per heavy atom. The Bertz CT molecular complexity index is 1160. The zero-order valence-electron chi connectivity index (χ0n) is 17.9. The molecule has 0 fully saturated rings. The highest BCUT2D eigenvalue weighted by molar-refractivity contribution is 7.80. The number of benzene rings is 2. The summed E-state index contributed by atoms with van der Waals surface area (Å²) in [7, 11) is 1.77. The van der Waals surface area contributed by atoms with Crippen molar-refractivity contribution in [1.82, 2.24) is 10.3 Å². The summed E-state index contributed by atoms with van der Waals surface area (Å²) in [4.78, 5) is 17.1. The third-order valence-corrected chi connectivity index (χ3v) is 4.75. The molecule has 6 nitrogen and oxygen atoms in total. The first-order chi connectivity index (χ1) is 16.2. The van der Waals surface area contributed by atoms with Gasteiger partial charge in [-0.15, -0.1) is 12.6 Å². The Morgan fingerprint density at radius 2 is 1.91 bits per heavy atom. The molecule has 0 aliphatic carbocycles. The predicted molar refractivity (Wildman–Crippen MR) is 121 cm³/mol. The summed E-state index contributed by atoms with van der Waals surface area (Å²) in [5.74, 6) is -1.87. The van der Waals surface area contributed by atoms with Crippen molar-refractivity contribution in [3.63, 3.8) is 0 Å². The number of ether oxygens (including phenoxy) is 2. The zero-order valence-corrected chi connectivity index (χ0v) is 18.8. The van der Waals surface area contributed by atoms with Crippen molar-refractivity contribution in [2.24, 2.45) is 0 Å². The summed E-state index contributed by atoms with van der Waals surface area (Å²) >= 11 is 4.18. The van der Waals surface area contributed by atoms with Crippen LogP contribution in [0.5, 0.6) is 17.4 Å². The van der Waals surface area contributed by atoms with E-state index in [1.165, 1.54) is 12.1 Å². The van der Waals surface area contributed by atoms with Crippen molar-refractivity contribution in [1.29, 1.82) is 0 Å². The first-order valence-electron chi connectivity index (χ1n) is 10.1. The van der Waals surface area contributed by atoms with Gasteiger partial charge in [0.25, 0.3) is 5.91 Å². The molecule has 11 heteroatoms. The third kappa shape index (κ3) is 6.84. The first-order valence-corrected chi connectivity index (χ1v) is 10.5. The number of nitrogens with one attached hydrogen (secondary N) is 2. The van der Waals surface area contributed by atoms with Crippen molar-refractivity contribution in [3.8, 4) is 17.4 Å². The molecule has 0 saturated carbocycles. The molecule has 0 spiro atoms. The molecule has 0 atom stereocenters. The average molecular weight is 495 g/mol. The topological polar surface area (TPSA) is 72.5 Å². The van der Waals surface area contributed by atoms with Crippen LogP contribution in [0.25, 0.3) is 0 Å². The van der Waals surface area contributed by atoms with E-state index in [4.69, 9.17) is 9.47 Å². The first kappa shape index (κ1) is 25.3. The summed E-state index contributed by atoms with van der Waals surface area (Å²) in [5, 5.41) is 5.45. The number of carbonyl (C=O) groups excluding carboxylic acids is 1. The molecular weight excluding hydrogens is 474 g/mol. The molecule has 1 aromatic heterocycles. The maximum absolute atomic E-state index is 13.8. The van der Waals surface area contributed by atoms with Gasteiger partial charge in [-0.05, 0) is 56.4 Å². The second kappa shape index (κ2) is 11.2. The van der Waals surface area contributed by atoms with Gasteiger partial charge in [-0.3, -0.25) is 4.79 Å². The van der Waals surface area contributed by atoms with Crippen molar-refractivity contribution >= 4 is 24.2 Å². The summed E-state index contributed by atoms with van der Waals surface area (Å²) in [5.41, 5.74) is -1.28. The third-order valence-electron chi connectivity index (χ3n) is 4.47. The number of anilines is 1. The largest absolute Gasteiger partial charge is 0.490 e. The van der Waals surface area contributed by atoms with E-state index in [2.05, 4.69) is 28.2 Å². The smallest absolute Gasteiger partial charge is 0.417 e. The zero-order chi connectivity index (χ0) is 24.7. The second-order valence-corrected chi connectivity index (χ2v) is 7.59. The lowest BCUT2D eigenvalue weighted by atomic mass is 10.1. The second-order valence-electron chi connectivity index (χ2n) is 7.08. The van der Waals surface area contributed by atoms with Crippen LogP contribution in [-0.2, 0) is 6.18 Å². The minimum absolute atomic E-state index is 0.00970. The molecule has 0 unspecified atom stereocenters. The fraction of sp³-hybridized carbons (Fsp3) is 0.217. The summed E-state index contributed by atoms with van der Waals surface area (Å²) in [6.45, 7) is 0.887. The van der Waals surface area contributed by atoms with Crippen molar-refractivity contribution < 1.29 is 31.8 Å². The van der Waals surface area contributed by atoms with Crippen LogP contribution in [0.15, 0.2) is 59.6 Å². The van der Waals surface area contributed by atoms with Crippen LogP contribution in [0.2, 0.25) is 0 Å². The molecule has 2 N–H and O–H groups in total. The number of aromatic nitrogens is 1. The maximum atomic E-state index is 13.8. The van der Waals surface area contributed by atoms with Gasteiger partial charge in [0.15, 0.2) is 11.5 Å². The molecule has 1 heterocycles. The highest BCUT2D eigenvalue weighted by Gasteiger charge is 2.33. The normalized spacial score (nSPS) is 11.2. The van der Waals surface area contributed by atoms with E-state index < -0.39 is 34.9 Å². The monoisotopic (exact) mass is 495 g/mol. The van der Waals surface area contributed by atoms with Crippen LogP contribution in [0, 0.1) is 5.82 Å². The van der Waals surface area contributed by atoms with E-state index in [9.17, 15) is 22.4 Å². The van der Waals surface area contributed by atoms with Gasteiger partial charge >= 0.3 is 6.18 Å². The van der Waals surface area contributed by atoms with E-state index in [1.54, 1.807) is 25.2 Å². The molecular formula is C23H21F4N3O3S. The predicted octanol–water partition coefficient (Wildman–Crippen LogP) is 5.56. The van der Waals surface area contributed by atoms with Gasteiger partial charge in [-0.1, -0.05) is 6.07 Å². The molecule has 0 saturated heterocycles. The van der Waals surface area contributed by atoms with Gasteiger partial charge in [0.1, 0.15) is 11.4 Å². The number of nitrogens with zero attached hydrogens (tertiary/aromatic N) is 1. The van der Waals surface area contributed by atoms with E-state index >= 15 is 0 Å². The maximum Gasteiger partial charge on any atom is 0.417 e. The van der Waals surface area contributed by atoms with Crippen molar-refractivity contribution in [3.05, 3.63) is 71.7 Å². The molecule has 0 radical (unpaired) electrons. The van der Waals surface area contributed by atoms with Crippen molar-refractivity contribution in [2.75, 3.05) is 25.5 Å². The van der Waals surface area contributed by atoms with Crippen molar-refractivity contribution in [2.45, 2.75) is 17.5 Å². The lowest BCUT2D eigenvalue weighted by molar-refractivity contribution is -0.137. The Labute approximate surface area is 198 Å². The summed E-state index contributed by atoms with van der Waals surface area (Å²) in [6, 6.07) is 10.4. The molecule has 34 heavy (non-hydrogen) atoms. The minimum Gasteiger partial charge on any atom is -0.490 e. The van der Waals surface area contributed by atoms with E-state index in [-0.39, 0.29) is 18.1 Å². The standard InChI is InChI=1S/C23H21F4N3O3S/c1-28-8-3-9-32-20-11-15(24)6-7-19(20)33-22-18(10-14(13-29-22)23(25,26)27)21(31)30-16-4-2-5-17(34)12-16/h2,4-7,10-13,28,34H,3,8-9H2,1H3,(H,30,31). The molecule has 3 aromatic rings. The van der Waals surface area contributed by atoms with E-state index in [0.717, 1.165) is 12.1 Å². The SMILES string of the molecule is CNCCCOc1cc(F)ccc1Oc1ncc(C(F)(F)F)cc1C(=O)Nc1cccc(S)c1. The van der Waals surface area contributed by atoms with Crippen LogP contribution in [0.4, 0.5) is 23.2 Å². The number of pyridine rings is 1.